The second kappa shape index (κ2) is 4.09. The average molecular weight is 204 g/mol. The number of carbonyl (C=O) groups is 1. The van der Waals surface area contributed by atoms with Gasteiger partial charge in [0.25, 0.3) is 0 Å². The number of carboxylic acid groups (broad SMARTS) is 1. The Morgan fingerprint density at radius 1 is 1.62 bits per heavy atom. The molecule has 1 aromatic rings. The van der Waals surface area contributed by atoms with Gasteiger partial charge in [-0.3, -0.25) is 0 Å². The van der Waals surface area contributed by atoms with Crippen molar-refractivity contribution in [3.63, 3.8) is 0 Å². The van der Waals surface area contributed by atoms with E-state index in [2.05, 4.69) is 0 Å². The third-order valence-corrected chi connectivity index (χ3v) is 1.75. The molecular formula is C8H7ClFNO2. The fraction of sp³-hybridized carbons (Fsp3) is 0.125. The van der Waals surface area contributed by atoms with Crippen LogP contribution in [0, 0.1) is 5.82 Å². The minimum atomic E-state index is -1.20. The first-order valence-corrected chi connectivity index (χ1v) is 3.88. The van der Waals surface area contributed by atoms with Gasteiger partial charge in [-0.1, -0.05) is 23.7 Å². The first-order valence-electron chi connectivity index (χ1n) is 3.51. The highest BCUT2D eigenvalue weighted by atomic mass is 35.5. The van der Waals surface area contributed by atoms with Gasteiger partial charge in [0, 0.05) is 12.1 Å². The van der Waals surface area contributed by atoms with Gasteiger partial charge in [-0.25, -0.2) is 9.18 Å². The molecule has 1 rings (SSSR count). The Labute approximate surface area is 79.1 Å². The summed E-state index contributed by atoms with van der Waals surface area (Å²) >= 11 is 5.48. The monoisotopic (exact) mass is 203 g/mol. The fourth-order valence-electron chi connectivity index (χ4n) is 0.856. The summed E-state index contributed by atoms with van der Waals surface area (Å²) in [5.74, 6) is -0.585. The molecule has 3 nitrogen and oxygen atoms in total. The number of benzene rings is 1. The van der Waals surface area contributed by atoms with Crippen LogP contribution in [0.2, 0.25) is 5.02 Å². The van der Waals surface area contributed by atoms with Crippen molar-refractivity contribution in [2.24, 2.45) is 0 Å². The van der Waals surface area contributed by atoms with Crippen LogP contribution in [0.1, 0.15) is 5.56 Å². The average Bonchev–Trinajstić information content (AvgIpc) is 2.07. The summed E-state index contributed by atoms with van der Waals surface area (Å²) < 4.78 is 13.1. The molecule has 0 aliphatic rings. The standard InChI is InChI=1S/C8H7ClFNO2/c9-6-3-1-2-5(7(6)10)4-11-8(12)13/h1-3,11H,4H2,(H,12,13). The van der Waals surface area contributed by atoms with Crippen molar-refractivity contribution in [2.75, 3.05) is 0 Å². The second-order valence-electron chi connectivity index (χ2n) is 2.37. The molecule has 0 radical (unpaired) electrons. The normalized spacial score (nSPS) is 9.69. The number of amides is 1. The van der Waals surface area contributed by atoms with Crippen LogP contribution in [0.15, 0.2) is 18.2 Å². The van der Waals surface area contributed by atoms with E-state index >= 15 is 0 Å². The van der Waals surface area contributed by atoms with Crippen LogP contribution in [-0.2, 0) is 6.54 Å². The Morgan fingerprint density at radius 2 is 2.31 bits per heavy atom. The van der Waals surface area contributed by atoms with E-state index in [1.165, 1.54) is 12.1 Å². The number of rotatable bonds is 2. The lowest BCUT2D eigenvalue weighted by Crippen LogP contribution is -2.20. The van der Waals surface area contributed by atoms with Crippen LogP contribution in [0.5, 0.6) is 0 Å². The highest BCUT2D eigenvalue weighted by Gasteiger charge is 2.06. The minimum Gasteiger partial charge on any atom is -0.465 e. The van der Waals surface area contributed by atoms with Crippen molar-refractivity contribution in [2.45, 2.75) is 6.54 Å². The van der Waals surface area contributed by atoms with Crippen molar-refractivity contribution in [3.8, 4) is 0 Å². The lowest BCUT2D eigenvalue weighted by molar-refractivity contribution is 0.194. The number of nitrogens with one attached hydrogen (secondary N) is 1. The van der Waals surface area contributed by atoms with E-state index in [9.17, 15) is 9.18 Å². The van der Waals surface area contributed by atoms with Crippen LogP contribution < -0.4 is 5.32 Å². The SMILES string of the molecule is O=C(O)NCc1cccc(Cl)c1F. The number of halogens is 2. The quantitative estimate of drug-likeness (QED) is 0.775. The van der Waals surface area contributed by atoms with Crippen molar-refractivity contribution < 1.29 is 14.3 Å². The summed E-state index contributed by atoms with van der Waals surface area (Å²) in [6.07, 6.45) is -1.20. The molecule has 0 saturated carbocycles. The van der Waals surface area contributed by atoms with Gasteiger partial charge in [-0.2, -0.15) is 0 Å². The molecule has 2 N–H and O–H groups in total. The highest BCUT2D eigenvalue weighted by Crippen LogP contribution is 2.17. The lowest BCUT2D eigenvalue weighted by Gasteiger charge is -2.03. The van der Waals surface area contributed by atoms with Crippen molar-refractivity contribution >= 4 is 17.7 Å². The van der Waals surface area contributed by atoms with E-state index in [1.807, 2.05) is 5.32 Å². The predicted octanol–water partition coefficient (Wildman–Crippen LogP) is 2.25. The topological polar surface area (TPSA) is 49.3 Å². The van der Waals surface area contributed by atoms with E-state index in [1.54, 1.807) is 6.07 Å². The fourth-order valence-corrected chi connectivity index (χ4v) is 1.05. The summed E-state index contributed by atoms with van der Waals surface area (Å²) in [6, 6.07) is 4.43. The molecular weight excluding hydrogens is 197 g/mol. The molecule has 5 heteroatoms. The molecule has 1 amide bonds. The third-order valence-electron chi connectivity index (χ3n) is 1.46. The van der Waals surface area contributed by atoms with Gasteiger partial charge >= 0.3 is 6.09 Å². The van der Waals surface area contributed by atoms with Crippen LogP contribution in [0.25, 0.3) is 0 Å². The Balaban J connectivity index is 2.77. The maximum atomic E-state index is 13.1. The Kier molecular flexibility index (Phi) is 3.08. The zero-order valence-corrected chi connectivity index (χ0v) is 7.31. The summed E-state index contributed by atoms with van der Waals surface area (Å²) in [6.45, 7) is -0.0816. The molecule has 70 valence electrons. The van der Waals surface area contributed by atoms with Crippen molar-refractivity contribution in [1.29, 1.82) is 0 Å². The van der Waals surface area contributed by atoms with Crippen LogP contribution >= 0.6 is 11.6 Å². The van der Waals surface area contributed by atoms with E-state index in [-0.39, 0.29) is 17.1 Å². The molecule has 0 aliphatic heterocycles. The second-order valence-corrected chi connectivity index (χ2v) is 2.78. The van der Waals surface area contributed by atoms with Crippen molar-refractivity contribution in [1.82, 2.24) is 5.32 Å². The molecule has 0 spiro atoms. The van der Waals surface area contributed by atoms with Gasteiger partial charge in [0.1, 0.15) is 5.82 Å². The molecule has 0 heterocycles. The van der Waals surface area contributed by atoms with Gasteiger partial charge in [-0.15, -0.1) is 0 Å². The smallest absolute Gasteiger partial charge is 0.404 e. The Hall–Kier alpha value is -1.29. The zero-order valence-electron chi connectivity index (χ0n) is 6.55. The van der Waals surface area contributed by atoms with Gasteiger partial charge < -0.3 is 10.4 Å². The maximum Gasteiger partial charge on any atom is 0.404 e. The molecule has 13 heavy (non-hydrogen) atoms. The molecule has 0 saturated heterocycles. The largest absolute Gasteiger partial charge is 0.465 e. The molecule has 0 aromatic heterocycles. The third kappa shape index (κ3) is 2.59. The molecule has 0 aliphatic carbocycles. The van der Waals surface area contributed by atoms with Crippen molar-refractivity contribution in [3.05, 3.63) is 34.6 Å². The molecule has 1 aromatic carbocycles. The Morgan fingerprint density at radius 3 is 2.92 bits per heavy atom. The minimum absolute atomic E-state index is 0.00955. The van der Waals surface area contributed by atoms with Gasteiger partial charge in [0.05, 0.1) is 5.02 Å². The van der Waals surface area contributed by atoms with E-state index in [0.717, 1.165) is 0 Å². The summed E-state index contributed by atoms with van der Waals surface area (Å²) in [5, 5.41) is 10.3. The first kappa shape index (κ1) is 9.80. The van der Waals surface area contributed by atoms with E-state index < -0.39 is 11.9 Å². The zero-order chi connectivity index (χ0) is 9.84. The number of hydrogen-bond acceptors (Lipinski definition) is 1. The van der Waals surface area contributed by atoms with Crippen LogP contribution in [-0.4, -0.2) is 11.2 Å². The van der Waals surface area contributed by atoms with E-state index in [0.29, 0.717) is 0 Å². The summed E-state index contributed by atoms with van der Waals surface area (Å²) in [7, 11) is 0. The Bertz CT molecular complexity index is 330. The molecule has 0 bridgehead atoms. The van der Waals surface area contributed by atoms with Gasteiger partial charge in [0.2, 0.25) is 0 Å². The lowest BCUT2D eigenvalue weighted by atomic mass is 10.2. The highest BCUT2D eigenvalue weighted by molar-refractivity contribution is 6.30. The maximum absolute atomic E-state index is 13.1. The predicted molar refractivity (Wildman–Crippen MR) is 46.3 cm³/mol. The van der Waals surface area contributed by atoms with Crippen LogP contribution in [0.3, 0.4) is 0 Å². The molecule has 0 fully saturated rings. The van der Waals surface area contributed by atoms with Crippen LogP contribution in [0.4, 0.5) is 9.18 Å². The van der Waals surface area contributed by atoms with E-state index in [4.69, 9.17) is 16.7 Å². The summed E-state index contributed by atoms with van der Waals surface area (Å²) in [4.78, 5) is 10.1. The van der Waals surface area contributed by atoms with Gasteiger partial charge in [-0.05, 0) is 6.07 Å². The van der Waals surface area contributed by atoms with Gasteiger partial charge in [0.15, 0.2) is 0 Å². The molecule has 0 atom stereocenters. The first-order chi connectivity index (χ1) is 6.11. The summed E-state index contributed by atoms with van der Waals surface area (Å²) in [5.41, 5.74) is 0.231. The molecule has 0 unspecified atom stereocenters. The number of hydrogen-bond donors (Lipinski definition) is 2.